The van der Waals surface area contributed by atoms with Crippen LogP contribution in [0.5, 0.6) is 0 Å². The minimum atomic E-state index is -0.453. The van der Waals surface area contributed by atoms with Gasteiger partial charge in [-0.3, -0.25) is 4.99 Å². The Morgan fingerprint density at radius 3 is 1.77 bits per heavy atom. The number of aliphatic imine (C=N–C) groups is 1. The van der Waals surface area contributed by atoms with E-state index in [1.807, 2.05) is 6.07 Å². The van der Waals surface area contributed by atoms with Crippen molar-refractivity contribution in [3.8, 4) is 11.4 Å². The minimum absolute atomic E-state index is 0.453. The zero-order valence-electron chi connectivity index (χ0n) is 38.7. The zero-order chi connectivity index (χ0) is 46.7. The first-order valence-electron chi connectivity index (χ1n) is 24.4. The van der Waals surface area contributed by atoms with E-state index >= 15 is 0 Å². The number of fused-ring (bicyclic) bond motifs is 12. The molecule has 0 bridgehead atoms. The Hall–Kier alpha value is -9.25. The van der Waals surface area contributed by atoms with Gasteiger partial charge in [-0.1, -0.05) is 164 Å². The van der Waals surface area contributed by atoms with Crippen molar-refractivity contribution >= 4 is 109 Å². The molecule has 4 heterocycles. The molecule has 332 valence electrons. The van der Waals surface area contributed by atoms with Gasteiger partial charge < -0.3 is 13.6 Å². The third-order valence-corrected chi connectivity index (χ3v) is 15.0. The van der Waals surface area contributed by atoms with Gasteiger partial charge in [0.25, 0.3) is 0 Å². The van der Waals surface area contributed by atoms with Gasteiger partial charge in [0.05, 0.1) is 39.5 Å². The highest BCUT2D eigenvalue weighted by Crippen LogP contribution is 2.47. The van der Waals surface area contributed by atoms with E-state index in [0.717, 1.165) is 77.9 Å². The van der Waals surface area contributed by atoms with Crippen LogP contribution < -0.4 is 0 Å². The predicted molar refractivity (Wildman–Crippen MR) is 299 cm³/mol. The van der Waals surface area contributed by atoms with Crippen LogP contribution in [0, 0.1) is 0 Å². The lowest BCUT2D eigenvalue weighted by Gasteiger charge is -2.22. The van der Waals surface area contributed by atoms with Crippen molar-refractivity contribution < 1.29 is 4.42 Å². The van der Waals surface area contributed by atoms with Crippen molar-refractivity contribution in [2.75, 3.05) is 0 Å². The molecule has 11 aromatic carbocycles. The van der Waals surface area contributed by atoms with Gasteiger partial charge in [-0.2, -0.15) is 0 Å². The second-order valence-electron chi connectivity index (χ2n) is 19.1. The molecule has 0 N–H and O–H groups in total. The van der Waals surface area contributed by atoms with Gasteiger partial charge in [-0.25, -0.2) is 0 Å². The number of rotatable bonds is 5. The number of aromatic nitrogens is 2. The van der Waals surface area contributed by atoms with Crippen LogP contribution in [-0.2, 0) is 0 Å². The smallest absolute Gasteiger partial charge is 0.135 e. The van der Waals surface area contributed by atoms with Gasteiger partial charge >= 0.3 is 0 Å². The molecule has 71 heavy (non-hydrogen) atoms. The maximum atomic E-state index is 6.79. The highest BCUT2D eigenvalue weighted by Gasteiger charge is 2.29. The molecule has 1 aliphatic rings. The van der Waals surface area contributed by atoms with Crippen LogP contribution in [0.15, 0.2) is 252 Å². The maximum Gasteiger partial charge on any atom is 0.135 e. The summed E-state index contributed by atoms with van der Waals surface area (Å²) in [5.74, 6) is 0. The molecule has 15 rings (SSSR count). The van der Waals surface area contributed by atoms with Crippen LogP contribution in [0.1, 0.15) is 29.2 Å². The average Bonchev–Trinajstić information content (AvgIpc) is 4.02. The fraction of sp³-hybridized carbons (Fsp3) is 0.0299. The Labute approximate surface area is 408 Å². The van der Waals surface area contributed by atoms with E-state index in [1.165, 1.54) is 64.9 Å². The highest BCUT2D eigenvalue weighted by atomic mass is 16.3. The van der Waals surface area contributed by atoms with Gasteiger partial charge in [-0.05, 0) is 123 Å². The van der Waals surface area contributed by atoms with Crippen LogP contribution in [-0.4, -0.2) is 14.8 Å². The van der Waals surface area contributed by atoms with Crippen molar-refractivity contribution in [1.82, 2.24) is 9.13 Å². The number of hydrogen-bond donors (Lipinski definition) is 0. The summed E-state index contributed by atoms with van der Waals surface area (Å²) >= 11 is 0. The summed E-state index contributed by atoms with van der Waals surface area (Å²) in [7, 11) is 0. The van der Waals surface area contributed by atoms with Crippen LogP contribution in [0.3, 0.4) is 0 Å². The van der Waals surface area contributed by atoms with E-state index in [4.69, 9.17) is 16.0 Å². The van der Waals surface area contributed by atoms with Crippen LogP contribution in [0.2, 0.25) is 0 Å². The number of para-hydroxylation sites is 4. The van der Waals surface area contributed by atoms with Crippen molar-refractivity contribution in [3.05, 3.63) is 259 Å². The van der Waals surface area contributed by atoms with Crippen molar-refractivity contribution in [2.24, 2.45) is 4.99 Å². The molecular weight excluding hydrogens is 863 g/mol. The molecule has 0 radical (unpaired) electrons. The molecule has 0 aliphatic carbocycles. The van der Waals surface area contributed by atoms with Crippen LogP contribution >= 0.6 is 0 Å². The summed E-state index contributed by atoms with van der Waals surface area (Å²) in [5.41, 5.74) is 14.8. The summed E-state index contributed by atoms with van der Waals surface area (Å²) in [6, 6.07) is 81.1. The summed E-state index contributed by atoms with van der Waals surface area (Å²) < 4.78 is 11.7. The number of furan rings is 1. The zero-order valence-corrected chi connectivity index (χ0v) is 38.7. The maximum absolute atomic E-state index is 6.79. The number of nitrogens with zero attached hydrogens (tertiary/aromatic N) is 3. The monoisotopic (exact) mass is 905 g/mol. The third-order valence-electron chi connectivity index (χ3n) is 15.0. The van der Waals surface area contributed by atoms with E-state index < -0.39 is 6.04 Å². The predicted octanol–water partition coefficient (Wildman–Crippen LogP) is 17.8. The van der Waals surface area contributed by atoms with Crippen molar-refractivity contribution in [3.63, 3.8) is 0 Å². The molecule has 0 amide bonds. The first-order valence-corrected chi connectivity index (χ1v) is 24.4. The Morgan fingerprint density at radius 1 is 0.437 bits per heavy atom. The molecule has 4 nitrogen and oxygen atoms in total. The Balaban J connectivity index is 1.02. The largest absolute Gasteiger partial charge is 0.456 e. The molecule has 0 fully saturated rings. The summed E-state index contributed by atoms with van der Waals surface area (Å²) in [6.45, 7) is 5.05. The summed E-state index contributed by atoms with van der Waals surface area (Å²) in [6.07, 6.45) is 2.94. The van der Waals surface area contributed by atoms with Crippen molar-refractivity contribution in [2.45, 2.75) is 12.5 Å². The molecule has 3 aromatic heterocycles. The molecular formula is C67H43N3O. The standard InChI is InChI=1S/C67H43N3O/c1-41-32-49(51-26-15-27-54-52-24-11-13-28-60(52)69(67(51)54)50-22-3-2-4-23-50)36-59(48-31-30-42-16-5-6-17-43(42)33-48)68-66(41)58-40-65-57(53-25-12-14-29-64(53)71-65)39-63(58)70-61-37-46-20-9-7-18-44(46)34-55(61)56-35-45-19-8-10-21-47(45)38-62(56)70/h2-31,33-40,66H,1,32H2. The average molecular weight is 906 g/mol. The molecule has 1 atom stereocenters. The van der Waals surface area contributed by atoms with E-state index in [1.54, 1.807) is 0 Å². The van der Waals surface area contributed by atoms with E-state index in [2.05, 4.69) is 234 Å². The van der Waals surface area contributed by atoms with E-state index in [9.17, 15) is 0 Å². The van der Waals surface area contributed by atoms with Gasteiger partial charge in [0.1, 0.15) is 11.2 Å². The van der Waals surface area contributed by atoms with E-state index in [-0.39, 0.29) is 0 Å². The van der Waals surface area contributed by atoms with Gasteiger partial charge in [0.15, 0.2) is 0 Å². The topological polar surface area (TPSA) is 35.4 Å². The number of benzene rings is 11. The quantitative estimate of drug-likeness (QED) is 0.159. The first-order chi connectivity index (χ1) is 35.1. The van der Waals surface area contributed by atoms with Crippen LogP contribution in [0.4, 0.5) is 0 Å². The Bertz CT molecular complexity index is 4540. The molecule has 0 spiro atoms. The fourth-order valence-corrected chi connectivity index (χ4v) is 11.8. The number of allylic oxidation sites excluding steroid dienone is 2. The fourth-order valence-electron chi connectivity index (χ4n) is 11.8. The molecule has 4 heteroatoms. The Kier molecular flexibility index (Phi) is 8.60. The van der Waals surface area contributed by atoms with Gasteiger partial charge in [0.2, 0.25) is 0 Å². The van der Waals surface area contributed by atoms with Crippen LogP contribution in [0.25, 0.3) is 115 Å². The van der Waals surface area contributed by atoms with Gasteiger partial charge in [0, 0.05) is 54.7 Å². The highest BCUT2D eigenvalue weighted by molar-refractivity contribution is 6.19. The van der Waals surface area contributed by atoms with Gasteiger partial charge in [-0.15, -0.1) is 0 Å². The minimum Gasteiger partial charge on any atom is -0.456 e. The lowest BCUT2D eigenvalue weighted by atomic mass is 9.90. The summed E-state index contributed by atoms with van der Waals surface area (Å²) in [4.78, 5) is 5.95. The Morgan fingerprint density at radius 2 is 1.04 bits per heavy atom. The molecule has 0 saturated heterocycles. The normalized spacial score (nSPS) is 14.5. The van der Waals surface area contributed by atoms with E-state index in [0.29, 0.717) is 6.42 Å². The molecule has 0 saturated carbocycles. The third kappa shape index (κ3) is 6.14. The molecule has 1 unspecified atom stereocenters. The second kappa shape index (κ2) is 15.4. The SMILES string of the molecule is C=C1CC(c2cccc3c4ccccc4n(-c4ccccc4)c23)=CC(c2ccc3ccccc3c2)=NC1c1cc2oc3ccccc3c2cc1-n1c2cc3ccccc3cc2c2cc3ccccc3cc21. The lowest BCUT2D eigenvalue weighted by molar-refractivity contribution is 0.667. The lowest BCUT2D eigenvalue weighted by Crippen LogP contribution is -2.08. The second-order valence-corrected chi connectivity index (χ2v) is 19.1. The van der Waals surface area contributed by atoms with Crippen molar-refractivity contribution in [1.29, 1.82) is 0 Å². The number of hydrogen-bond acceptors (Lipinski definition) is 2. The summed E-state index contributed by atoms with van der Waals surface area (Å²) in [5, 5.41) is 14.2. The molecule has 14 aromatic rings. The first kappa shape index (κ1) is 39.7. The molecule has 1 aliphatic heterocycles.